The molecule has 0 aliphatic heterocycles. The Hall–Kier alpha value is 1.09. The average molecular weight is 485 g/mol. The Morgan fingerprint density at radius 3 is 1.23 bits per heavy atom. The molecule has 0 aliphatic carbocycles. The quantitative estimate of drug-likeness (QED) is 0.173. The van der Waals surface area contributed by atoms with Crippen LogP contribution >= 0.6 is 7.82 Å². The number of unbranched alkanes of at least 4 members (excludes halogenated alkanes) is 3. The third kappa shape index (κ3) is 12.5. The van der Waals surface area contributed by atoms with Gasteiger partial charge < -0.3 is 0 Å². The van der Waals surface area contributed by atoms with Crippen LogP contribution in [0.2, 0.25) is 55.0 Å². The third-order valence-corrected chi connectivity index (χ3v) is 22.6. The van der Waals surface area contributed by atoms with Gasteiger partial charge in [-0.15, -0.1) is 0 Å². The van der Waals surface area contributed by atoms with Crippen LogP contribution in [-0.2, 0) is 16.5 Å². The molecule has 0 rings (SSSR count). The van der Waals surface area contributed by atoms with Crippen LogP contribution in [0.15, 0.2) is 0 Å². The molecule has 0 aromatic rings. The summed E-state index contributed by atoms with van der Waals surface area (Å²) in [5.74, 6) is 0. The van der Waals surface area contributed by atoms with Gasteiger partial charge in [0.05, 0.1) is 0 Å². The molecule has 0 saturated carbocycles. The molecule has 0 heterocycles. The number of rotatable bonds is 15. The van der Waals surface area contributed by atoms with Gasteiger partial charge in [0.15, 0.2) is 0 Å². The molecule has 158 valence electrons. The molecular weight excluding hydrogens is 440 g/mol. The van der Waals surface area contributed by atoms with E-state index >= 15 is 0 Å². The summed E-state index contributed by atoms with van der Waals surface area (Å²) in [7, 11) is -7.59. The van der Waals surface area contributed by atoms with Crippen molar-refractivity contribution in [1.29, 1.82) is 0 Å². The van der Waals surface area contributed by atoms with Crippen molar-refractivity contribution in [3.8, 4) is 0 Å². The van der Waals surface area contributed by atoms with Crippen molar-refractivity contribution in [2.45, 2.75) is 114 Å². The zero-order valence-corrected chi connectivity index (χ0v) is 23.9. The predicted molar refractivity (Wildman–Crippen MR) is 122 cm³/mol. The van der Waals surface area contributed by atoms with E-state index in [-0.39, 0.29) is 0 Å². The van der Waals surface area contributed by atoms with Gasteiger partial charge in [-0.25, -0.2) is 0 Å². The molecule has 4 nitrogen and oxygen atoms in total. The van der Waals surface area contributed by atoms with Crippen LogP contribution < -0.4 is 0 Å². The van der Waals surface area contributed by atoms with Crippen LogP contribution in [0, 0.1) is 0 Å². The molecule has 0 radical (unpaired) electrons. The minimum atomic E-state index is -3.50. The maximum absolute atomic E-state index is 13.8. The van der Waals surface area contributed by atoms with Gasteiger partial charge in [-0.05, 0) is 0 Å². The topological polar surface area (TPSA) is 44.8 Å². The molecule has 0 bridgehead atoms. The Balaban J connectivity index is 5.76. The molecule has 0 N–H and O–H groups in total. The summed E-state index contributed by atoms with van der Waals surface area (Å²) >= 11 is -2.78. The third-order valence-electron chi connectivity index (χ3n) is 4.03. The Kier molecular flexibility index (Phi) is 12.4. The van der Waals surface area contributed by atoms with E-state index in [0.717, 1.165) is 54.3 Å². The summed E-state index contributed by atoms with van der Waals surface area (Å²) in [6.07, 6.45) is 6.95. The van der Waals surface area contributed by atoms with Crippen molar-refractivity contribution in [3.63, 3.8) is 0 Å². The molecule has 0 aliphatic rings. The van der Waals surface area contributed by atoms with E-state index in [1.54, 1.807) is 0 Å². The molecule has 0 aromatic heterocycles. The van der Waals surface area contributed by atoms with Gasteiger partial charge in [-0.3, -0.25) is 0 Å². The summed E-state index contributed by atoms with van der Waals surface area (Å²) in [5.41, 5.74) is 0. The van der Waals surface area contributed by atoms with E-state index in [1.165, 1.54) is 0 Å². The fourth-order valence-electron chi connectivity index (χ4n) is 2.97. The van der Waals surface area contributed by atoms with E-state index in [4.69, 9.17) is 12.0 Å². The van der Waals surface area contributed by atoms with Crippen LogP contribution in [-0.4, -0.2) is 30.2 Å². The van der Waals surface area contributed by atoms with Crippen molar-refractivity contribution in [1.82, 2.24) is 0 Å². The van der Waals surface area contributed by atoms with Gasteiger partial charge in [-0.2, -0.15) is 0 Å². The second-order valence-corrected chi connectivity index (χ2v) is 29.7. The fourth-order valence-corrected chi connectivity index (χ4v) is 23.8. The van der Waals surface area contributed by atoms with Crippen molar-refractivity contribution in [2.24, 2.45) is 0 Å². The van der Waals surface area contributed by atoms with Crippen molar-refractivity contribution in [2.75, 3.05) is 0 Å². The van der Waals surface area contributed by atoms with Crippen molar-refractivity contribution >= 4 is 38.1 Å². The van der Waals surface area contributed by atoms with Crippen LogP contribution in [0.4, 0.5) is 0 Å². The predicted octanol–water partition coefficient (Wildman–Crippen LogP) is 8.16. The van der Waals surface area contributed by atoms with Crippen LogP contribution in [0.5, 0.6) is 0 Å². The summed E-state index contributed by atoms with van der Waals surface area (Å²) < 4.78 is 32.7. The standard InChI is InChI=1S/C18H45GeO4PSi2/c1-10-13-16-19(17-14-11-2,18-15-12-3)21-24(20,22-25(4,5)6)23-26(7,8)9/h10-18H2,1-9H3. The number of hydrogen-bond acceptors (Lipinski definition) is 4. The average Bonchev–Trinajstić information content (AvgIpc) is 2.44. The second kappa shape index (κ2) is 11.9. The first-order valence-corrected chi connectivity index (χ1v) is 24.1. The van der Waals surface area contributed by atoms with E-state index in [0.29, 0.717) is 0 Å². The molecule has 0 unspecified atom stereocenters. The molecule has 0 spiro atoms. The maximum atomic E-state index is 13.8. The SMILES string of the molecule is CCC[CH2][Ge]([CH2]CCC)([CH2]CCC)[O]P(=O)(O[Si](C)(C)C)O[Si](C)(C)C. The molecule has 0 fully saturated rings. The molecular formula is C18H45GeO4PSi2. The Morgan fingerprint density at radius 1 is 0.692 bits per heavy atom. The molecule has 26 heavy (non-hydrogen) atoms. The minimum absolute atomic E-state index is 1.12. The zero-order chi connectivity index (χ0) is 20.5. The van der Waals surface area contributed by atoms with Crippen LogP contribution in [0.1, 0.15) is 59.3 Å². The summed E-state index contributed by atoms with van der Waals surface area (Å²) in [4.78, 5) is 0. The molecule has 0 atom stereocenters. The van der Waals surface area contributed by atoms with Crippen LogP contribution in [0.25, 0.3) is 0 Å². The van der Waals surface area contributed by atoms with Crippen molar-refractivity contribution < 1.29 is 16.5 Å². The second-order valence-electron chi connectivity index (χ2n) is 9.44. The van der Waals surface area contributed by atoms with E-state index in [1.807, 2.05) is 0 Å². The fraction of sp³-hybridized carbons (Fsp3) is 1.00. The zero-order valence-electron chi connectivity index (χ0n) is 18.9. The first kappa shape index (κ1) is 27.1. The Morgan fingerprint density at radius 2 is 1.00 bits per heavy atom. The molecule has 0 amide bonds. The molecule has 0 aromatic carbocycles. The first-order valence-electron chi connectivity index (χ1n) is 10.5. The van der Waals surface area contributed by atoms with E-state index in [9.17, 15) is 4.57 Å². The summed E-state index contributed by atoms with van der Waals surface area (Å²) in [6, 6.07) is 0. The van der Waals surface area contributed by atoms with Gasteiger partial charge in [0.25, 0.3) is 0 Å². The Labute approximate surface area is 168 Å². The molecule has 0 saturated heterocycles. The van der Waals surface area contributed by atoms with Gasteiger partial charge in [0, 0.05) is 0 Å². The van der Waals surface area contributed by atoms with Gasteiger partial charge in [-0.1, -0.05) is 0 Å². The number of phosphoric acid groups is 1. The first-order chi connectivity index (χ1) is 11.8. The Bertz CT molecular complexity index is 394. The van der Waals surface area contributed by atoms with Gasteiger partial charge in [0.2, 0.25) is 0 Å². The monoisotopic (exact) mass is 486 g/mol. The van der Waals surface area contributed by atoms with E-state index in [2.05, 4.69) is 60.1 Å². The van der Waals surface area contributed by atoms with Crippen molar-refractivity contribution in [3.05, 3.63) is 0 Å². The normalized spacial score (nSPS) is 14.0. The number of hydrogen-bond donors (Lipinski definition) is 0. The molecule has 8 heteroatoms. The van der Waals surface area contributed by atoms with Gasteiger partial charge in [0.1, 0.15) is 0 Å². The van der Waals surface area contributed by atoms with Crippen LogP contribution in [0.3, 0.4) is 0 Å². The van der Waals surface area contributed by atoms with Gasteiger partial charge >= 0.3 is 169 Å². The summed E-state index contributed by atoms with van der Waals surface area (Å²) in [6.45, 7) is 19.1. The summed E-state index contributed by atoms with van der Waals surface area (Å²) in [5, 5.41) is 3.35. The van der Waals surface area contributed by atoms with E-state index < -0.39 is 38.1 Å².